The second kappa shape index (κ2) is 5.31. The molecule has 1 fully saturated rings. The van der Waals surface area contributed by atoms with Crippen molar-refractivity contribution in [2.75, 3.05) is 0 Å². The van der Waals surface area contributed by atoms with Crippen molar-refractivity contribution in [3.8, 4) is 0 Å². The summed E-state index contributed by atoms with van der Waals surface area (Å²) in [5.74, 6) is 0.120. The quantitative estimate of drug-likeness (QED) is 0.867. The lowest BCUT2D eigenvalue weighted by atomic mass is 10.1. The van der Waals surface area contributed by atoms with Crippen LogP contribution in [0.25, 0.3) is 0 Å². The van der Waals surface area contributed by atoms with E-state index < -0.39 is 9.05 Å². The number of hydrogen-bond acceptors (Lipinski definition) is 3. The number of amides is 1. The highest BCUT2D eigenvalue weighted by atomic mass is 35.7. The highest BCUT2D eigenvalue weighted by molar-refractivity contribution is 8.13. The molecule has 104 valence electrons. The Bertz CT molecular complexity index is 611. The van der Waals surface area contributed by atoms with Crippen LogP contribution in [0.4, 0.5) is 0 Å². The second-order valence-electron chi connectivity index (χ2n) is 4.68. The van der Waals surface area contributed by atoms with E-state index in [-0.39, 0.29) is 27.4 Å². The van der Waals surface area contributed by atoms with E-state index in [0.717, 1.165) is 12.8 Å². The summed E-state index contributed by atoms with van der Waals surface area (Å²) < 4.78 is 22.5. The molecule has 2 rings (SSSR count). The lowest BCUT2D eigenvalue weighted by molar-refractivity contribution is 0.0936. The Labute approximate surface area is 121 Å². The normalized spacial score (nSPS) is 17.0. The molecule has 0 heterocycles. The Kier molecular flexibility index (Phi) is 4.08. The third-order valence-corrected chi connectivity index (χ3v) is 4.83. The van der Waals surface area contributed by atoms with Crippen LogP contribution in [0.15, 0.2) is 23.1 Å². The van der Waals surface area contributed by atoms with Gasteiger partial charge in [0.2, 0.25) is 0 Å². The van der Waals surface area contributed by atoms with Gasteiger partial charge in [-0.25, -0.2) is 8.42 Å². The fourth-order valence-corrected chi connectivity index (χ4v) is 2.81. The number of rotatable bonds is 4. The van der Waals surface area contributed by atoms with Crippen molar-refractivity contribution in [3.05, 3.63) is 28.8 Å². The minimum atomic E-state index is -3.87. The molecule has 1 amide bonds. The molecule has 1 N–H and O–H groups in total. The van der Waals surface area contributed by atoms with E-state index in [0.29, 0.717) is 5.92 Å². The largest absolute Gasteiger partial charge is 0.349 e. The first kappa shape index (κ1) is 14.6. The zero-order valence-corrected chi connectivity index (χ0v) is 12.5. The standard InChI is InChI=1S/C12H13Cl2NO3S/c1-7(8-2-3-8)15-12(16)10-6-9(19(14,17)18)4-5-11(10)13/h4-8H,2-3H2,1H3,(H,15,16). The van der Waals surface area contributed by atoms with Crippen molar-refractivity contribution in [3.63, 3.8) is 0 Å². The molecular weight excluding hydrogens is 309 g/mol. The van der Waals surface area contributed by atoms with E-state index in [1.165, 1.54) is 18.2 Å². The summed E-state index contributed by atoms with van der Waals surface area (Å²) in [5.41, 5.74) is 0.121. The minimum absolute atomic E-state index is 0.0554. The van der Waals surface area contributed by atoms with Crippen LogP contribution < -0.4 is 5.32 Å². The summed E-state index contributed by atoms with van der Waals surface area (Å²) in [5, 5.41) is 3.01. The van der Waals surface area contributed by atoms with Crippen LogP contribution >= 0.6 is 22.3 Å². The van der Waals surface area contributed by atoms with Crippen LogP contribution in [0.5, 0.6) is 0 Å². The summed E-state index contributed by atoms with van der Waals surface area (Å²) in [6, 6.07) is 3.87. The van der Waals surface area contributed by atoms with Gasteiger partial charge in [0.15, 0.2) is 0 Å². The molecule has 1 atom stereocenters. The van der Waals surface area contributed by atoms with Crippen molar-refractivity contribution in [2.24, 2.45) is 5.92 Å². The van der Waals surface area contributed by atoms with Crippen LogP contribution in [-0.4, -0.2) is 20.4 Å². The lowest BCUT2D eigenvalue weighted by Crippen LogP contribution is -2.34. The van der Waals surface area contributed by atoms with Crippen molar-refractivity contribution in [2.45, 2.75) is 30.7 Å². The van der Waals surface area contributed by atoms with Gasteiger partial charge in [0.1, 0.15) is 0 Å². The molecule has 0 aliphatic heterocycles. The third-order valence-electron chi connectivity index (χ3n) is 3.15. The van der Waals surface area contributed by atoms with Gasteiger partial charge in [0, 0.05) is 16.7 Å². The molecule has 0 aromatic heterocycles. The molecule has 1 saturated carbocycles. The van der Waals surface area contributed by atoms with Gasteiger partial charge in [-0.2, -0.15) is 0 Å². The first-order valence-corrected chi connectivity index (χ1v) is 8.53. The van der Waals surface area contributed by atoms with Gasteiger partial charge in [0.25, 0.3) is 15.0 Å². The summed E-state index contributed by atoms with van der Waals surface area (Å²) in [4.78, 5) is 11.9. The van der Waals surface area contributed by atoms with Crippen LogP contribution in [0, 0.1) is 5.92 Å². The number of nitrogens with one attached hydrogen (secondary N) is 1. The van der Waals surface area contributed by atoms with E-state index in [9.17, 15) is 13.2 Å². The topological polar surface area (TPSA) is 63.2 Å². The predicted molar refractivity (Wildman–Crippen MR) is 74.1 cm³/mol. The molecule has 0 radical (unpaired) electrons. The van der Waals surface area contributed by atoms with E-state index in [2.05, 4.69) is 5.32 Å². The van der Waals surface area contributed by atoms with Crippen molar-refractivity contribution >= 4 is 37.2 Å². The molecule has 1 aliphatic carbocycles. The van der Waals surface area contributed by atoms with Gasteiger partial charge in [-0.15, -0.1) is 0 Å². The highest BCUT2D eigenvalue weighted by Crippen LogP contribution is 2.32. The maximum atomic E-state index is 12.1. The Balaban J connectivity index is 2.25. The van der Waals surface area contributed by atoms with E-state index in [1.54, 1.807) is 0 Å². The van der Waals surface area contributed by atoms with Gasteiger partial charge >= 0.3 is 0 Å². The average molecular weight is 322 g/mol. The zero-order chi connectivity index (χ0) is 14.2. The SMILES string of the molecule is CC(NC(=O)c1cc(S(=O)(=O)Cl)ccc1Cl)C1CC1. The van der Waals surface area contributed by atoms with Crippen LogP contribution in [-0.2, 0) is 9.05 Å². The number of benzene rings is 1. The summed E-state index contributed by atoms with van der Waals surface area (Å²) in [6.45, 7) is 1.92. The number of hydrogen-bond donors (Lipinski definition) is 1. The number of carbonyl (C=O) groups is 1. The maximum Gasteiger partial charge on any atom is 0.261 e. The molecule has 1 aliphatic rings. The second-order valence-corrected chi connectivity index (χ2v) is 7.65. The molecule has 0 saturated heterocycles. The fourth-order valence-electron chi connectivity index (χ4n) is 1.83. The monoisotopic (exact) mass is 321 g/mol. The lowest BCUT2D eigenvalue weighted by Gasteiger charge is -2.13. The Morgan fingerprint density at radius 1 is 1.42 bits per heavy atom. The molecule has 1 aromatic carbocycles. The summed E-state index contributed by atoms with van der Waals surface area (Å²) in [7, 11) is 1.38. The molecule has 4 nitrogen and oxygen atoms in total. The minimum Gasteiger partial charge on any atom is -0.349 e. The maximum absolute atomic E-state index is 12.1. The van der Waals surface area contributed by atoms with Crippen LogP contribution in [0.2, 0.25) is 5.02 Å². The van der Waals surface area contributed by atoms with E-state index in [1.807, 2.05) is 6.92 Å². The fraction of sp³-hybridized carbons (Fsp3) is 0.417. The zero-order valence-electron chi connectivity index (χ0n) is 10.2. The molecule has 1 unspecified atom stereocenters. The van der Waals surface area contributed by atoms with Gasteiger partial charge in [-0.1, -0.05) is 11.6 Å². The van der Waals surface area contributed by atoms with Gasteiger partial charge in [-0.3, -0.25) is 4.79 Å². The first-order valence-electron chi connectivity index (χ1n) is 5.84. The van der Waals surface area contributed by atoms with Crippen LogP contribution in [0.1, 0.15) is 30.1 Å². The summed E-state index contributed by atoms with van der Waals surface area (Å²) >= 11 is 5.92. The van der Waals surface area contributed by atoms with Crippen molar-refractivity contribution < 1.29 is 13.2 Å². The highest BCUT2D eigenvalue weighted by Gasteiger charge is 2.29. The van der Waals surface area contributed by atoms with Crippen molar-refractivity contribution in [1.29, 1.82) is 0 Å². The van der Waals surface area contributed by atoms with Gasteiger partial charge in [-0.05, 0) is 43.9 Å². The first-order chi connectivity index (χ1) is 8.79. The Hall–Kier alpha value is -0.780. The molecule has 0 bridgehead atoms. The Morgan fingerprint density at radius 3 is 2.58 bits per heavy atom. The van der Waals surface area contributed by atoms with Gasteiger partial charge < -0.3 is 5.32 Å². The molecule has 1 aromatic rings. The van der Waals surface area contributed by atoms with Crippen LogP contribution in [0.3, 0.4) is 0 Å². The average Bonchev–Trinajstić information content (AvgIpc) is 3.11. The Morgan fingerprint density at radius 2 is 2.05 bits per heavy atom. The van der Waals surface area contributed by atoms with E-state index in [4.69, 9.17) is 22.3 Å². The van der Waals surface area contributed by atoms with Gasteiger partial charge in [0.05, 0.1) is 15.5 Å². The molecule has 19 heavy (non-hydrogen) atoms. The van der Waals surface area contributed by atoms with E-state index >= 15 is 0 Å². The molecular formula is C12H13Cl2NO3S. The molecule has 0 spiro atoms. The van der Waals surface area contributed by atoms with Crippen molar-refractivity contribution in [1.82, 2.24) is 5.32 Å². The number of carbonyl (C=O) groups excluding carboxylic acids is 1. The number of halogens is 2. The predicted octanol–water partition coefficient (Wildman–Crippen LogP) is 2.80. The third kappa shape index (κ3) is 3.61. The molecule has 7 heteroatoms. The summed E-state index contributed by atoms with van der Waals surface area (Å²) in [6.07, 6.45) is 2.20. The smallest absolute Gasteiger partial charge is 0.261 e.